The molecule has 6 heteroatoms. The van der Waals surface area contributed by atoms with Gasteiger partial charge in [0.25, 0.3) is 5.56 Å². The smallest absolute Gasteiger partial charge is 0.260 e. The number of carbonyl (C=O) groups is 1. The summed E-state index contributed by atoms with van der Waals surface area (Å²) >= 11 is 6.24. The molecule has 0 fully saturated rings. The van der Waals surface area contributed by atoms with Crippen molar-refractivity contribution in [2.24, 2.45) is 0 Å². The molecule has 0 radical (unpaired) electrons. The number of rotatable bonds is 6. The normalized spacial score (nSPS) is 11.1. The Morgan fingerprint density at radius 3 is 2.47 bits per heavy atom. The molecule has 1 aromatic heterocycles. The standard InChI is InChI=1S/C26H20ClNO4/c1-31-19-10-13-23(32-2)17(14-19)8-12-22(29)25-24(16-6-4-3-5-7-16)20-15-18(27)9-11-21(20)28-26(25)30/h3-15H,1-2H3,(H,28,30)/b12-8+. The van der Waals surface area contributed by atoms with Gasteiger partial charge in [-0.15, -0.1) is 0 Å². The lowest BCUT2D eigenvalue weighted by Gasteiger charge is -2.12. The van der Waals surface area contributed by atoms with Crippen LogP contribution in [0.5, 0.6) is 11.5 Å². The predicted octanol–water partition coefficient (Wildman–Crippen LogP) is 5.76. The highest BCUT2D eigenvalue weighted by molar-refractivity contribution is 6.31. The summed E-state index contributed by atoms with van der Waals surface area (Å²) in [6.45, 7) is 0. The molecule has 4 rings (SSSR count). The number of pyridine rings is 1. The number of aromatic amines is 1. The highest BCUT2D eigenvalue weighted by atomic mass is 35.5. The molecule has 0 saturated carbocycles. The minimum Gasteiger partial charge on any atom is -0.497 e. The minimum absolute atomic E-state index is 0.0454. The van der Waals surface area contributed by atoms with Crippen molar-refractivity contribution in [3.63, 3.8) is 0 Å². The van der Waals surface area contributed by atoms with Crippen molar-refractivity contribution in [2.45, 2.75) is 0 Å². The third-order valence-corrected chi connectivity index (χ3v) is 5.37. The summed E-state index contributed by atoms with van der Waals surface area (Å²) in [5.41, 5.74) is 2.13. The Hall–Kier alpha value is -3.83. The van der Waals surface area contributed by atoms with Gasteiger partial charge in [-0.3, -0.25) is 9.59 Å². The largest absolute Gasteiger partial charge is 0.497 e. The van der Waals surface area contributed by atoms with E-state index in [9.17, 15) is 9.59 Å². The van der Waals surface area contributed by atoms with Gasteiger partial charge in [0.1, 0.15) is 11.5 Å². The van der Waals surface area contributed by atoms with Crippen LogP contribution in [0, 0.1) is 0 Å². The van der Waals surface area contributed by atoms with Crippen molar-refractivity contribution in [2.75, 3.05) is 14.2 Å². The van der Waals surface area contributed by atoms with Gasteiger partial charge in [0.15, 0.2) is 5.78 Å². The number of benzene rings is 3. The maximum atomic E-state index is 13.3. The predicted molar refractivity (Wildman–Crippen MR) is 128 cm³/mol. The van der Waals surface area contributed by atoms with E-state index in [0.29, 0.717) is 38.6 Å². The lowest BCUT2D eigenvalue weighted by atomic mass is 9.94. The summed E-state index contributed by atoms with van der Waals surface area (Å²) in [5, 5.41) is 1.20. The summed E-state index contributed by atoms with van der Waals surface area (Å²) in [4.78, 5) is 29.1. The van der Waals surface area contributed by atoms with Crippen molar-refractivity contribution in [1.29, 1.82) is 0 Å². The average Bonchev–Trinajstić information content (AvgIpc) is 2.82. The van der Waals surface area contributed by atoms with Crippen molar-refractivity contribution >= 4 is 34.4 Å². The maximum Gasteiger partial charge on any atom is 0.260 e. The first kappa shape index (κ1) is 21.4. The van der Waals surface area contributed by atoms with Crippen LogP contribution in [0.1, 0.15) is 15.9 Å². The van der Waals surface area contributed by atoms with E-state index >= 15 is 0 Å². The zero-order valence-electron chi connectivity index (χ0n) is 17.5. The van der Waals surface area contributed by atoms with Gasteiger partial charge >= 0.3 is 0 Å². The van der Waals surface area contributed by atoms with Gasteiger partial charge in [-0.25, -0.2) is 0 Å². The van der Waals surface area contributed by atoms with Crippen LogP contribution in [0.25, 0.3) is 28.1 Å². The molecule has 0 amide bonds. The van der Waals surface area contributed by atoms with Crippen molar-refractivity contribution < 1.29 is 14.3 Å². The molecule has 0 aliphatic rings. The number of halogens is 1. The fourth-order valence-electron chi connectivity index (χ4n) is 3.62. The first-order valence-electron chi connectivity index (χ1n) is 9.87. The zero-order chi connectivity index (χ0) is 22.7. The zero-order valence-corrected chi connectivity index (χ0v) is 18.3. The molecule has 160 valence electrons. The number of H-pyrrole nitrogens is 1. The van der Waals surface area contributed by atoms with Crippen LogP contribution in [0.2, 0.25) is 5.02 Å². The number of hydrogen-bond acceptors (Lipinski definition) is 4. The Labute approximate surface area is 189 Å². The van der Waals surface area contributed by atoms with Gasteiger partial charge in [-0.1, -0.05) is 41.9 Å². The Kier molecular flexibility index (Phi) is 6.10. The second kappa shape index (κ2) is 9.12. The lowest BCUT2D eigenvalue weighted by Crippen LogP contribution is -2.18. The van der Waals surface area contributed by atoms with E-state index in [4.69, 9.17) is 21.1 Å². The number of methoxy groups -OCH3 is 2. The van der Waals surface area contributed by atoms with E-state index in [0.717, 1.165) is 5.56 Å². The number of hydrogen-bond donors (Lipinski definition) is 1. The van der Waals surface area contributed by atoms with Crippen molar-refractivity contribution in [3.05, 3.63) is 99.3 Å². The maximum absolute atomic E-state index is 13.3. The van der Waals surface area contributed by atoms with Gasteiger partial charge < -0.3 is 14.5 Å². The summed E-state index contributed by atoms with van der Waals surface area (Å²) in [7, 11) is 3.11. The molecule has 0 aliphatic heterocycles. The molecule has 0 bridgehead atoms. The SMILES string of the molecule is COc1ccc(OC)c(/C=C/C(=O)c2c(-c3ccccc3)c3cc(Cl)ccc3[nH]c2=O)c1. The summed E-state index contributed by atoms with van der Waals surface area (Å²) in [6.07, 6.45) is 2.98. The second-order valence-corrected chi connectivity index (χ2v) is 7.50. The average molecular weight is 446 g/mol. The monoisotopic (exact) mass is 445 g/mol. The number of ketones is 1. The molecular weight excluding hydrogens is 426 g/mol. The summed E-state index contributed by atoms with van der Waals surface area (Å²) in [5.74, 6) is 0.773. The van der Waals surface area contributed by atoms with E-state index in [1.807, 2.05) is 30.3 Å². The molecule has 3 aromatic carbocycles. The fourth-order valence-corrected chi connectivity index (χ4v) is 3.80. The molecule has 0 spiro atoms. The fraction of sp³-hybridized carbons (Fsp3) is 0.0769. The van der Waals surface area contributed by atoms with Gasteiger partial charge in [0.2, 0.25) is 0 Å². The van der Waals surface area contributed by atoms with Crippen LogP contribution in [0.15, 0.2) is 77.6 Å². The first-order chi connectivity index (χ1) is 15.5. The lowest BCUT2D eigenvalue weighted by molar-refractivity contribution is 0.104. The number of aromatic nitrogens is 1. The Morgan fingerprint density at radius 1 is 0.969 bits per heavy atom. The van der Waals surface area contributed by atoms with Crippen LogP contribution in [0.4, 0.5) is 0 Å². The van der Waals surface area contributed by atoms with Crippen LogP contribution in [-0.4, -0.2) is 25.0 Å². The van der Waals surface area contributed by atoms with Crippen molar-refractivity contribution in [3.8, 4) is 22.6 Å². The molecular formula is C26H20ClNO4. The molecule has 1 N–H and O–H groups in total. The first-order valence-corrected chi connectivity index (χ1v) is 10.2. The van der Waals surface area contributed by atoms with Crippen molar-refractivity contribution in [1.82, 2.24) is 4.98 Å². The topological polar surface area (TPSA) is 68.4 Å². The summed E-state index contributed by atoms with van der Waals surface area (Å²) in [6, 6.07) is 19.8. The van der Waals surface area contributed by atoms with E-state index in [1.165, 1.54) is 6.08 Å². The Bertz CT molecular complexity index is 1390. The van der Waals surface area contributed by atoms with Crippen LogP contribution in [0.3, 0.4) is 0 Å². The molecule has 4 aromatic rings. The second-order valence-electron chi connectivity index (χ2n) is 7.07. The molecule has 0 saturated heterocycles. The Morgan fingerprint density at radius 2 is 1.75 bits per heavy atom. The molecule has 5 nitrogen and oxygen atoms in total. The third kappa shape index (κ3) is 4.15. The molecule has 32 heavy (non-hydrogen) atoms. The van der Waals surface area contributed by atoms with Gasteiger partial charge in [-0.2, -0.15) is 0 Å². The van der Waals surface area contributed by atoms with E-state index < -0.39 is 11.3 Å². The quantitative estimate of drug-likeness (QED) is 0.302. The number of allylic oxidation sites excluding steroid dienone is 1. The van der Waals surface area contributed by atoms with Crippen LogP contribution < -0.4 is 15.0 Å². The summed E-state index contributed by atoms with van der Waals surface area (Å²) < 4.78 is 10.6. The highest BCUT2D eigenvalue weighted by Gasteiger charge is 2.19. The van der Waals surface area contributed by atoms with Gasteiger partial charge in [0.05, 0.1) is 19.8 Å². The number of fused-ring (bicyclic) bond motifs is 1. The number of ether oxygens (including phenoxy) is 2. The van der Waals surface area contributed by atoms with Gasteiger partial charge in [0, 0.05) is 27.1 Å². The van der Waals surface area contributed by atoms with E-state index in [2.05, 4.69) is 4.98 Å². The molecule has 1 heterocycles. The molecule has 0 atom stereocenters. The number of nitrogens with one attached hydrogen (secondary N) is 1. The van der Waals surface area contributed by atoms with Crippen LogP contribution in [-0.2, 0) is 0 Å². The van der Waals surface area contributed by atoms with Gasteiger partial charge in [-0.05, 0) is 54.1 Å². The van der Waals surface area contributed by atoms with E-state index in [-0.39, 0.29) is 5.56 Å². The minimum atomic E-state index is -0.467. The van der Waals surface area contributed by atoms with Crippen LogP contribution >= 0.6 is 11.6 Å². The molecule has 0 aliphatic carbocycles. The highest BCUT2D eigenvalue weighted by Crippen LogP contribution is 2.32. The van der Waals surface area contributed by atoms with E-state index in [1.54, 1.807) is 56.7 Å². The third-order valence-electron chi connectivity index (χ3n) is 5.14. The molecule has 0 unspecified atom stereocenters. The number of carbonyl (C=O) groups excluding carboxylic acids is 1. The Balaban J connectivity index is 1.89.